The molecular weight excluding hydrogens is 427 g/mol. The number of ether oxygens (including phenoxy) is 1. The molecule has 3 aromatic rings. The Morgan fingerprint density at radius 1 is 1.03 bits per heavy atom. The lowest BCUT2D eigenvalue weighted by Crippen LogP contribution is -2.40. The summed E-state index contributed by atoms with van der Waals surface area (Å²) in [5, 5.41) is 4.29. The number of morpholine rings is 1. The number of hydrogen-bond acceptors (Lipinski definition) is 4. The molecule has 1 aromatic heterocycles. The Balaban J connectivity index is 1.60. The van der Waals surface area contributed by atoms with Crippen molar-refractivity contribution in [1.82, 2.24) is 4.90 Å². The Morgan fingerprint density at radius 3 is 2.57 bits per heavy atom. The fourth-order valence-corrected chi connectivity index (χ4v) is 3.49. The van der Waals surface area contributed by atoms with E-state index in [1.165, 1.54) is 6.08 Å². The van der Waals surface area contributed by atoms with Gasteiger partial charge in [-0.05, 0) is 35.9 Å². The molecule has 30 heavy (non-hydrogen) atoms. The molecule has 1 aliphatic heterocycles. The van der Waals surface area contributed by atoms with Crippen molar-refractivity contribution >= 4 is 57.7 Å². The first kappa shape index (κ1) is 20.5. The van der Waals surface area contributed by atoms with E-state index in [0.717, 1.165) is 5.56 Å². The van der Waals surface area contributed by atoms with Gasteiger partial charge in [0.1, 0.15) is 11.3 Å². The number of para-hydroxylation sites is 1. The quantitative estimate of drug-likeness (QED) is 0.582. The van der Waals surface area contributed by atoms with Gasteiger partial charge in [0.2, 0.25) is 11.7 Å². The molecule has 0 radical (unpaired) electrons. The first-order valence-electron chi connectivity index (χ1n) is 9.35. The van der Waals surface area contributed by atoms with E-state index in [-0.39, 0.29) is 11.7 Å². The van der Waals surface area contributed by atoms with Gasteiger partial charge in [-0.2, -0.15) is 0 Å². The van der Waals surface area contributed by atoms with Crippen LogP contribution in [0.1, 0.15) is 16.1 Å². The van der Waals surface area contributed by atoms with Crippen LogP contribution in [0.3, 0.4) is 0 Å². The van der Waals surface area contributed by atoms with E-state index >= 15 is 0 Å². The Labute approximate surface area is 183 Å². The molecule has 8 heteroatoms. The van der Waals surface area contributed by atoms with Crippen LogP contribution in [0, 0.1) is 0 Å². The van der Waals surface area contributed by atoms with Crippen LogP contribution in [0.5, 0.6) is 0 Å². The third kappa shape index (κ3) is 4.36. The second kappa shape index (κ2) is 8.92. The predicted molar refractivity (Wildman–Crippen MR) is 117 cm³/mol. The summed E-state index contributed by atoms with van der Waals surface area (Å²) in [5.74, 6) is -0.573. The molecule has 0 bridgehead atoms. The molecule has 1 saturated heterocycles. The molecule has 2 amide bonds. The Bertz CT molecular complexity index is 1130. The number of furan rings is 1. The summed E-state index contributed by atoms with van der Waals surface area (Å²) >= 11 is 11.9. The van der Waals surface area contributed by atoms with Crippen LogP contribution >= 0.6 is 23.2 Å². The zero-order valence-electron chi connectivity index (χ0n) is 15.9. The third-order valence-corrected chi connectivity index (χ3v) is 5.45. The molecular formula is C22H18Cl2N2O4. The summed E-state index contributed by atoms with van der Waals surface area (Å²) in [5.41, 5.74) is 1.60. The van der Waals surface area contributed by atoms with Crippen LogP contribution < -0.4 is 5.32 Å². The lowest BCUT2D eigenvalue weighted by molar-refractivity contribution is -0.111. The molecule has 4 rings (SSSR count). The smallest absolute Gasteiger partial charge is 0.291 e. The van der Waals surface area contributed by atoms with Gasteiger partial charge in [-0.25, -0.2) is 0 Å². The Hall–Kier alpha value is -2.80. The first-order valence-corrected chi connectivity index (χ1v) is 10.1. The number of fused-ring (bicyclic) bond motifs is 1. The number of rotatable bonds is 4. The van der Waals surface area contributed by atoms with Crippen molar-refractivity contribution in [2.45, 2.75) is 0 Å². The molecule has 1 fully saturated rings. The third-order valence-electron chi connectivity index (χ3n) is 4.71. The molecule has 2 heterocycles. The van der Waals surface area contributed by atoms with Crippen molar-refractivity contribution in [3.05, 3.63) is 69.9 Å². The van der Waals surface area contributed by atoms with E-state index in [1.54, 1.807) is 41.3 Å². The average molecular weight is 445 g/mol. The zero-order chi connectivity index (χ0) is 21.1. The van der Waals surface area contributed by atoms with E-state index in [9.17, 15) is 9.59 Å². The number of hydrogen-bond donors (Lipinski definition) is 1. The molecule has 0 spiro atoms. The van der Waals surface area contributed by atoms with Crippen LogP contribution in [-0.4, -0.2) is 43.0 Å². The standard InChI is InChI=1S/C22H18Cl2N2O4/c23-16-7-5-14(13-17(16)24)6-8-19(27)25-20-15-3-1-2-4-18(15)30-21(20)22(28)26-9-11-29-12-10-26/h1-8,13H,9-12H2,(H,25,27)/b8-6+. The highest BCUT2D eigenvalue weighted by molar-refractivity contribution is 6.42. The largest absolute Gasteiger partial charge is 0.449 e. The van der Waals surface area contributed by atoms with Gasteiger partial charge in [-0.15, -0.1) is 0 Å². The fourth-order valence-electron chi connectivity index (χ4n) is 3.18. The van der Waals surface area contributed by atoms with Crippen molar-refractivity contribution in [3.8, 4) is 0 Å². The summed E-state index contributed by atoms with van der Waals surface area (Å²) < 4.78 is 11.1. The van der Waals surface area contributed by atoms with Gasteiger partial charge in [0.05, 0.1) is 23.3 Å². The second-order valence-electron chi connectivity index (χ2n) is 6.70. The summed E-state index contributed by atoms with van der Waals surface area (Å²) in [6.07, 6.45) is 2.98. The van der Waals surface area contributed by atoms with Crippen molar-refractivity contribution in [3.63, 3.8) is 0 Å². The predicted octanol–water partition coefficient (Wildman–Crippen LogP) is 4.86. The minimum Gasteiger partial charge on any atom is -0.449 e. The van der Waals surface area contributed by atoms with Crippen LogP contribution in [0.4, 0.5) is 5.69 Å². The maximum absolute atomic E-state index is 13.0. The van der Waals surface area contributed by atoms with E-state index in [4.69, 9.17) is 32.4 Å². The molecule has 0 unspecified atom stereocenters. The topological polar surface area (TPSA) is 71.8 Å². The van der Waals surface area contributed by atoms with Gasteiger partial charge in [-0.3, -0.25) is 9.59 Å². The molecule has 1 N–H and O–H groups in total. The van der Waals surface area contributed by atoms with Gasteiger partial charge in [-0.1, -0.05) is 41.4 Å². The number of nitrogens with zero attached hydrogens (tertiary/aromatic N) is 1. The summed E-state index contributed by atoms with van der Waals surface area (Å²) in [6.45, 7) is 1.89. The maximum Gasteiger partial charge on any atom is 0.291 e. The van der Waals surface area contributed by atoms with E-state index in [1.807, 2.05) is 12.1 Å². The summed E-state index contributed by atoms with van der Waals surface area (Å²) in [4.78, 5) is 27.2. The van der Waals surface area contributed by atoms with Crippen LogP contribution in [0.2, 0.25) is 10.0 Å². The molecule has 154 valence electrons. The highest BCUT2D eigenvalue weighted by Gasteiger charge is 2.27. The van der Waals surface area contributed by atoms with Gasteiger partial charge >= 0.3 is 0 Å². The number of carbonyl (C=O) groups excluding carboxylic acids is 2. The van der Waals surface area contributed by atoms with Gasteiger partial charge in [0.15, 0.2) is 0 Å². The number of amides is 2. The number of carbonyl (C=O) groups is 2. The number of benzene rings is 2. The van der Waals surface area contributed by atoms with Crippen LogP contribution in [-0.2, 0) is 9.53 Å². The van der Waals surface area contributed by atoms with Crippen molar-refractivity contribution in [2.75, 3.05) is 31.6 Å². The molecule has 0 aliphatic carbocycles. The number of nitrogens with one attached hydrogen (secondary N) is 1. The molecule has 0 saturated carbocycles. The Kier molecular flexibility index (Phi) is 6.08. The SMILES string of the molecule is O=C(/C=C/c1ccc(Cl)c(Cl)c1)Nc1c(C(=O)N2CCOCC2)oc2ccccc12. The van der Waals surface area contributed by atoms with E-state index in [0.29, 0.717) is 53.0 Å². The summed E-state index contributed by atoms with van der Waals surface area (Å²) in [7, 11) is 0. The van der Waals surface area contributed by atoms with Crippen molar-refractivity contribution in [2.24, 2.45) is 0 Å². The van der Waals surface area contributed by atoms with E-state index < -0.39 is 5.91 Å². The Morgan fingerprint density at radius 2 is 1.80 bits per heavy atom. The number of anilines is 1. The normalized spacial score (nSPS) is 14.4. The zero-order valence-corrected chi connectivity index (χ0v) is 17.4. The minimum atomic E-state index is -0.399. The molecule has 6 nitrogen and oxygen atoms in total. The second-order valence-corrected chi connectivity index (χ2v) is 7.52. The number of halogens is 2. The fraction of sp³-hybridized carbons (Fsp3) is 0.182. The molecule has 2 aromatic carbocycles. The van der Waals surface area contributed by atoms with Crippen molar-refractivity contribution in [1.29, 1.82) is 0 Å². The lowest BCUT2D eigenvalue weighted by atomic mass is 10.2. The lowest BCUT2D eigenvalue weighted by Gasteiger charge is -2.26. The van der Waals surface area contributed by atoms with E-state index in [2.05, 4.69) is 5.32 Å². The van der Waals surface area contributed by atoms with Gasteiger partial charge in [0.25, 0.3) is 5.91 Å². The van der Waals surface area contributed by atoms with Gasteiger partial charge in [0, 0.05) is 24.6 Å². The molecule has 0 atom stereocenters. The van der Waals surface area contributed by atoms with Crippen molar-refractivity contribution < 1.29 is 18.7 Å². The minimum absolute atomic E-state index is 0.106. The monoisotopic (exact) mass is 444 g/mol. The first-order chi connectivity index (χ1) is 14.5. The summed E-state index contributed by atoms with van der Waals surface area (Å²) in [6, 6.07) is 12.3. The average Bonchev–Trinajstić information content (AvgIpc) is 3.13. The molecule has 1 aliphatic rings. The highest BCUT2D eigenvalue weighted by Crippen LogP contribution is 2.32. The highest BCUT2D eigenvalue weighted by atomic mass is 35.5. The van der Waals surface area contributed by atoms with Crippen LogP contribution in [0.15, 0.2) is 53.0 Å². The van der Waals surface area contributed by atoms with Crippen LogP contribution in [0.25, 0.3) is 17.0 Å². The van der Waals surface area contributed by atoms with Gasteiger partial charge < -0.3 is 19.4 Å². The maximum atomic E-state index is 13.0.